The molecule has 1 aliphatic rings. The summed E-state index contributed by atoms with van der Waals surface area (Å²) in [6, 6.07) is 5.06. The third-order valence-corrected chi connectivity index (χ3v) is 6.02. The van der Waals surface area contributed by atoms with Gasteiger partial charge in [0.15, 0.2) is 0 Å². The first-order chi connectivity index (χ1) is 15.2. The molecule has 2 N–H and O–H groups in total. The Bertz CT molecular complexity index is 1360. The van der Waals surface area contributed by atoms with Crippen LogP contribution in [0.4, 0.5) is 19.0 Å². The van der Waals surface area contributed by atoms with Gasteiger partial charge in [-0.2, -0.15) is 13.2 Å². The van der Waals surface area contributed by atoms with Crippen LogP contribution in [0.2, 0.25) is 0 Å². The number of aromatic nitrogens is 4. The summed E-state index contributed by atoms with van der Waals surface area (Å²) in [5.41, 5.74) is 8.64. The van der Waals surface area contributed by atoms with Crippen molar-refractivity contribution in [2.75, 3.05) is 12.8 Å². The minimum Gasteiger partial charge on any atom is -0.382 e. The fourth-order valence-corrected chi connectivity index (χ4v) is 4.39. The Morgan fingerprint density at radius 3 is 2.81 bits per heavy atom. The van der Waals surface area contributed by atoms with E-state index >= 15 is 0 Å². The number of nitrogen functional groups attached to an aromatic ring is 1. The van der Waals surface area contributed by atoms with Crippen LogP contribution in [-0.4, -0.2) is 37.2 Å². The van der Waals surface area contributed by atoms with E-state index in [0.29, 0.717) is 47.2 Å². The van der Waals surface area contributed by atoms with Gasteiger partial charge < -0.3 is 10.6 Å². The van der Waals surface area contributed by atoms with Crippen molar-refractivity contribution in [3.63, 3.8) is 0 Å². The Morgan fingerprint density at radius 2 is 2.03 bits per heavy atom. The number of benzene rings is 1. The summed E-state index contributed by atoms with van der Waals surface area (Å²) in [5, 5.41) is 0. The zero-order valence-electron chi connectivity index (χ0n) is 17.1. The SMILES string of the molecule is CN(C(=O)c1cc2c(cn1)nc(N)c1cncn12)[C@@H]1CCCc2cc(C(F)(F)F)ccc21. The Morgan fingerprint density at radius 1 is 1.22 bits per heavy atom. The summed E-state index contributed by atoms with van der Waals surface area (Å²) in [4.78, 5) is 27.5. The number of rotatable bonds is 2. The van der Waals surface area contributed by atoms with Gasteiger partial charge in [-0.3, -0.25) is 9.20 Å². The summed E-state index contributed by atoms with van der Waals surface area (Å²) in [6.07, 6.45) is 2.18. The van der Waals surface area contributed by atoms with E-state index in [0.717, 1.165) is 11.6 Å². The number of pyridine rings is 1. The molecule has 0 spiro atoms. The predicted molar refractivity (Wildman–Crippen MR) is 112 cm³/mol. The molecule has 0 fully saturated rings. The maximum atomic E-state index is 13.3. The molecule has 0 bridgehead atoms. The van der Waals surface area contributed by atoms with Crippen molar-refractivity contribution in [3.05, 3.63) is 65.4 Å². The highest BCUT2D eigenvalue weighted by atomic mass is 19.4. The van der Waals surface area contributed by atoms with Gasteiger partial charge in [0.2, 0.25) is 0 Å². The molecule has 32 heavy (non-hydrogen) atoms. The number of anilines is 1. The van der Waals surface area contributed by atoms with Crippen molar-refractivity contribution in [2.24, 2.45) is 0 Å². The lowest BCUT2D eigenvalue weighted by Gasteiger charge is -2.33. The number of imidazole rings is 1. The van der Waals surface area contributed by atoms with Crippen molar-refractivity contribution in [3.8, 4) is 0 Å². The van der Waals surface area contributed by atoms with Gasteiger partial charge in [0, 0.05) is 7.05 Å². The third-order valence-electron chi connectivity index (χ3n) is 6.02. The Labute approximate surface area is 180 Å². The van der Waals surface area contributed by atoms with E-state index < -0.39 is 11.7 Å². The van der Waals surface area contributed by atoms with Gasteiger partial charge in [-0.1, -0.05) is 6.07 Å². The van der Waals surface area contributed by atoms with E-state index in [1.807, 2.05) is 0 Å². The lowest BCUT2D eigenvalue weighted by molar-refractivity contribution is -0.137. The lowest BCUT2D eigenvalue weighted by Crippen LogP contribution is -2.34. The summed E-state index contributed by atoms with van der Waals surface area (Å²) < 4.78 is 41.1. The second kappa shape index (κ2) is 7.18. The lowest BCUT2D eigenvalue weighted by atomic mass is 9.85. The molecule has 1 aromatic carbocycles. The van der Waals surface area contributed by atoms with Gasteiger partial charge in [-0.15, -0.1) is 0 Å². The Kier molecular flexibility index (Phi) is 4.54. The minimum absolute atomic E-state index is 0.209. The quantitative estimate of drug-likeness (QED) is 0.508. The van der Waals surface area contributed by atoms with Crippen LogP contribution in [-0.2, 0) is 12.6 Å². The van der Waals surface area contributed by atoms with E-state index in [9.17, 15) is 18.0 Å². The molecule has 5 rings (SSSR count). The Hall–Kier alpha value is -3.69. The molecule has 1 amide bonds. The molecule has 0 saturated heterocycles. The molecule has 0 saturated carbocycles. The average Bonchev–Trinajstić information content (AvgIpc) is 3.28. The number of hydrogen-bond donors (Lipinski definition) is 1. The normalized spacial score (nSPS) is 16.3. The van der Waals surface area contributed by atoms with Crippen molar-refractivity contribution in [1.29, 1.82) is 0 Å². The number of nitrogens with zero attached hydrogens (tertiary/aromatic N) is 5. The van der Waals surface area contributed by atoms with Gasteiger partial charge in [0.05, 0.1) is 35.8 Å². The first-order valence-electron chi connectivity index (χ1n) is 10.1. The van der Waals surface area contributed by atoms with Gasteiger partial charge >= 0.3 is 6.18 Å². The molecule has 164 valence electrons. The molecule has 0 unspecified atom stereocenters. The van der Waals surface area contributed by atoms with Crippen molar-refractivity contribution >= 4 is 28.3 Å². The first-order valence-corrected chi connectivity index (χ1v) is 10.1. The summed E-state index contributed by atoms with van der Waals surface area (Å²) in [5.74, 6) is -0.0141. The molecule has 3 heterocycles. The number of fused-ring (bicyclic) bond motifs is 4. The number of carbonyl (C=O) groups is 1. The minimum atomic E-state index is -4.39. The van der Waals surface area contributed by atoms with Crippen LogP contribution < -0.4 is 5.73 Å². The largest absolute Gasteiger partial charge is 0.416 e. The summed E-state index contributed by atoms with van der Waals surface area (Å²) in [7, 11) is 1.65. The van der Waals surface area contributed by atoms with E-state index in [1.165, 1.54) is 18.3 Å². The fraction of sp³-hybridized carbons (Fsp3) is 0.273. The van der Waals surface area contributed by atoms with Crippen molar-refractivity contribution in [1.82, 2.24) is 24.3 Å². The van der Waals surface area contributed by atoms with Crippen LogP contribution >= 0.6 is 0 Å². The van der Waals surface area contributed by atoms with E-state index in [-0.39, 0.29) is 17.6 Å². The van der Waals surface area contributed by atoms with Gasteiger partial charge in [-0.25, -0.2) is 15.0 Å². The van der Waals surface area contributed by atoms with Crippen LogP contribution in [0.15, 0.2) is 43.0 Å². The van der Waals surface area contributed by atoms with E-state index in [4.69, 9.17) is 5.73 Å². The number of amides is 1. The van der Waals surface area contributed by atoms with Crippen molar-refractivity contribution < 1.29 is 18.0 Å². The second-order valence-corrected chi connectivity index (χ2v) is 7.94. The molecule has 10 heteroatoms. The van der Waals surface area contributed by atoms with Crippen LogP contribution in [0.25, 0.3) is 16.6 Å². The maximum absolute atomic E-state index is 13.3. The average molecular weight is 440 g/mol. The Balaban J connectivity index is 1.50. The standard InChI is InChI=1S/C22H19F3N6O/c1-30(17-4-2-3-12-7-13(22(23,24)25)5-6-14(12)17)21(32)15-8-18-16(9-28-15)29-20(26)19-10-27-11-31(18)19/h5-11,17H,2-4H2,1H3,(H2,26,29)/t17-/m1/s1. The molecule has 1 aliphatic carbocycles. The third kappa shape index (κ3) is 3.22. The number of nitrogens with two attached hydrogens (primary N) is 1. The molecule has 3 aromatic heterocycles. The molecular formula is C22H19F3N6O. The summed E-state index contributed by atoms with van der Waals surface area (Å²) >= 11 is 0. The first kappa shape index (κ1) is 20.2. The monoisotopic (exact) mass is 440 g/mol. The number of hydrogen-bond acceptors (Lipinski definition) is 5. The van der Waals surface area contributed by atoms with E-state index in [2.05, 4.69) is 15.0 Å². The second-order valence-electron chi connectivity index (χ2n) is 7.94. The predicted octanol–water partition coefficient (Wildman–Crippen LogP) is 4.03. The highest BCUT2D eigenvalue weighted by Gasteiger charge is 2.34. The maximum Gasteiger partial charge on any atom is 0.416 e. The zero-order valence-corrected chi connectivity index (χ0v) is 17.1. The number of carbonyl (C=O) groups excluding carboxylic acids is 1. The molecule has 0 aliphatic heterocycles. The number of aryl methyl sites for hydroxylation is 1. The highest BCUT2D eigenvalue weighted by Crippen LogP contribution is 2.38. The van der Waals surface area contributed by atoms with E-state index in [1.54, 1.807) is 34.9 Å². The highest BCUT2D eigenvalue weighted by molar-refractivity contribution is 5.96. The van der Waals surface area contributed by atoms with Gasteiger partial charge in [0.25, 0.3) is 5.91 Å². The fourth-order valence-electron chi connectivity index (χ4n) is 4.39. The van der Waals surface area contributed by atoms with Crippen LogP contribution in [0.5, 0.6) is 0 Å². The van der Waals surface area contributed by atoms with Gasteiger partial charge in [0.1, 0.15) is 22.5 Å². The number of halogens is 3. The molecular weight excluding hydrogens is 421 g/mol. The van der Waals surface area contributed by atoms with Crippen molar-refractivity contribution in [2.45, 2.75) is 31.5 Å². The van der Waals surface area contributed by atoms with Gasteiger partial charge in [-0.05, 0) is 48.6 Å². The van der Waals surface area contributed by atoms with Crippen LogP contribution in [0.1, 0.15) is 46.1 Å². The molecule has 7 nitrogen and oxygen atoms in total. The molecule has 1 atom stereocenters. The van der Waals surface area contributed by atoms with Crippen LogP contribution in [0, 0.1) is 0 Å². The zero-order chi connectivity index (χ0) is 22.6. The topological polar surface area (TPSA) is 89.4 Å². The molecule has 0 radical (unpaired) electrons. The summed E-state index contributed by atoms with van der Waals surface area (Å²) in [6.45, 7) is 0. The molecule has 4 aromatic rings. The smallest absolute Gasteiger partial charge is 0.382 e. The number of alkyl halides is 3. The van der Waals surface area contributed by atoms with Crippen LogP contribution in [0.3, 0.4) is 0 Å².